The molecule has 0 radical (unpaired) electrons. The van der Waals surface area contributed by atoms with E-state index in [-0.39, 0.29) is 5.41 Å². The van der Waals surface area contributed by atoms with Crippen molar-refractivity contribution in [1.29, 1.82) is 0 Å². The molecule has 1 heterocycles. The summed E-state index contributed by atoms with van der Waals surface area (Å²) in [7, 11) is 0. The van der Waals surface area contributed by atoms with Gasteiger partial charge in [-0.2, -0.15) is 0 Å². The Bertz CT molecular complexity index is 394. The minimum absolute atomic E-state index is 0.236. The zero-order valence-corrected chi connectivity index (χ0v) is 12.8. The number of hydrogen-bond donors (Lipinski definition) is 1. The highest BCUT2D eigenvalue weighted by molar-refractivity contribution is 5.29. The smallest absolute Gasteiger partial charge is 0.0319 e. The van der Waals surface area contributed by atoms with Gasteiger partial charge in [-0.1, -0.05) is 45.0 Å². The number of benzene rings is 1. The molecule has 1 aliphatic heterocycles. The van der Waals surface area contributed by atoms with Crippen molar-refractivity contribution in [3.63, 3.8) is 0 Å². The van der Waals surface area contributed by atoms with Gasteiger partial charge < -0.3 is 5.73 Å². The SMILES string of the molecule is CC(c1ccc(C(C)(C)C)cc1)N1CCC(N)CC1. The van der Waals surface area contributed by atoms with E-state index in [4.69, 9.17) is 5.73 Å². The van der Waals surface area contributed by atoms with Gasteiger partial charge in [-0.25, -0.2) is 0 Å². The standard InChI is InChI=1S/C17H28N2/c1-13(19-11-9-16(18)10-12-19)14-5-7-15(8-6-14)17(2,3)4/h5-8,13,16H,9-12,18H2,1-4H3. The van der Waals surface area contributed by atoms with Crippen molar-refractivity contribution in [1.82, 2.24) is 4.90 Å². The summed E-state index contributed by atoms with van der Waals surface area (Å²) in [5.74, 6) is 0. The van der Waals surface area contributed by atoms with Crippen molar-refractivity contribution >= 4 is 0 Å². The number of nitrogens with zero attached hydrogens (tertiary/aromatic N) is 1. The van der Waals surface area contributed by atoms with Crippen molar-refractivity contribution in [2.24, 2.45) is 5.73 Å². The number of piperidine rings is 1. The van der Waals surface area contributed by atoms with Crippen LogP contribution in [0.2, 0.25) is 0 Å². The van der Waals surface area contributed by atoms with E-state index < -0.39 is 0 Å². The molecule has 106 valence electrons. The molecule has 2 heteroatoms. The molecular weight excluding hydrogens is 232 g/mol. The van der Waals surface area contributed by atoms with Crippen LogP contribution in [-0.4, -0.2) is 24.0 Å². The molecule has 0 spiro atoms. The first-order chi connectivity index (χ1) is 8.88. The first-order valence-electron chi connectivity index (χ1n) is 7.48. The molecule has 0 aliphatic carbocycles. The van der Waals surface area contributed by atoms with E-state index in [9.17, 15) is 0 Å². The van der Waals surface area contributed by atoms with Gasteiger partial charge in [0.05, 0.1) is 0 Å². The third kappa shape index (κ3) is 3.58. The predicted molar refractivity (Wildman–Crippen MR) is 82.3 cm³/mol. The third-order valence-electron chi connectivity index (χ3n) is 4.38. The molecule has 1 aliphatic rings. The molecule has 1 aromatic rings. The predicted octanol–water partition coefficient (Wildman–Crippen LogP) is 3.47. The summed E-state index contributed by atoms with van der Waals surface area (Å²) in [4.78, 5) is 2.55. The summed E-state index contributed by atoms with van der Waals surface area (Å²) in [6.07, 6.45) is 2.26. The van der Waals surface area contributed by atoms with Gasteiger partial charge in [0.2, 0.25) is 0 Å². The number of likely N-dealkylation sites (tertiary alicyclic amines) is 1. The molecule has 0 saturated carbocycles. The first-order valence-corrected chi connectivity index (χ1v) is 7.48. The second kappa shape index (κ2) is 5.64. The van der Waals surface area contributed by atoms with Crippen molar-refractivity contribution in [2.45, 2.75) is 58.0 Å². The van der Waals surface area contributed by atoms with Gasteiger partial charge >= 0.3 is 0 Å². The summed E-state index contributed by atoms with van der Waals surface area (Å²) in [5, 5.41) is 0. The Kier molecular flexibility index (Phi) is 4.32. The zero-order valence-electron chi connectivity index (χ0n) is 12.8. The summed E-state index contributed by atoms with van der Waals surface area (Å²) >= 11 is 0. The van der Waals surface area contributed by atoms with Crippen LogP contribution in [0.1, 0.15) is 57.7 Å². The topological polar surface area (TPSA) is 29.3 Å². The van der Waals surface area contributed by atoms with Gasteiger partial charge in [0.1, 0.15) is 0 Å². The summed E-state index contributed by atoms with van der Waals surface area (Å²) in [6.45, 7) is 11.3. The van der Waals surface area contributed by atoms with Crippen LogP contribution in [0.25, 0.3) is 0 Å². The maximum atomic E-state index is 5.98. The lowest BCUT2D eigenvalue weighted by Crippen LogP contribution is -2.40. The van der Waals surface area contributed by atoms with Crippen molar-refractivity contribution in [3.8, 4) is 0 Å². The van der Waals surface area contributed by atoms with Crippen LogP contribution in [0.4, 0.5) is 0 Å². The van der Waals surface area contributed by atoms with Crippen LogP contribution >= 0.6 is 0 Å². The summed E-state index contributed by atoms with van der Waals surface area (Å²) in [5.41, 5.74) is 9.04. The molecule has 1 unspecified atom stereocenters. The normalized spacial score (nSPS) is 20.5. The van der Waals surface area contributed by atoms with Gasteiger partial charge in [0.25, 0.3) is 0 Å². The van der Waals surface area contributed by atoms with E-state index in [0.29, 0.717) is 12.1 Å². The quantitative estimate of drug-likeness (QED) is 0.882. The fraction of sp³-hybridized carbons (Fsp3) is 0.647. The Hall–Kier alpha value is -0.860. The van der Waals surface area contributed by atoms with Gasteiger partial charge in [-0.3, -0.25) is 4.90 Å². The van der Waals surface area contributed by atoms with Crippen LogP contribution in [0.15, 0.2) is 24.3 Å². The lowest BCUT2D eigenvalue weighted by Gasteiger charge is -2.35. The molecule has 0 amide bonds. The Morgan fingerprint density at radius 2 is 1.63 bits per heavy atom. The monoisotopic (exact) mass is 260 g/mol. The Labute approximate surface area is 118 Å². The van der Waals surface area contributed by atoms with Crippen molar-refractivity contribution < 1.29 is 0 Å². The molecule has 2 N–H and O–H groups in total. The Balaban J connectivity index is 2.05. The van der Waals surface area contributed by atoms with Crippen LogP contribution in [-0.2, 0) is 5.41 Å². The van der Waals surface area contributed by atoms with Crippen LogP contribution < -0.4 is 5.73 Å². The van der Waals surface area contributed by atoms with E-state index in [1.54, 1.807) is 0 Å². The molecule has 1 atom stereocenters. The average molecular weight is 260 g/mol. The van der Waals surface area contributed by atoms with Crippen LogP contribution in [0, 0.1) is 0 Å². The molecule has 19 heavy (non-hydrogen) atoms. The second-order valence-electron chi connectivity index (χ2n) is 6.92. The van der Waals surface area contributed by atoms with E-state index in [0.717, 1.165) is 25.9 Å². The molecule has 1 fully saturated rings. The fourth-order valence-electron chi connectivity index (χ4n) is 2.78. The number of rotatable bonds is 2. The van der Waals surface area contributed by atoms with Gasteiger partial charge in [-0.15, -0.1) is 0 Å². The second-order valence-corrected chi connectivity index (χ2v) is 6.92. The molecule has 2 nitrogen and oxygen atoms in total. The zero-order chi connectivity index (χ0) is 14.0. The molecule has 0 bridgehead atoms. The Morgan fingerprint density at radius 3 is 2.11 bits per heavy atom. The highest BCUT2D eigenvalue weighted by Crippen LogP contribution is 2.27. The lowest BCUT2D eigenvalue weighted by molar-refractivity contribution is 0.163. The fourth-order valence-corrected chi connectivity index (χ4v) is 2.78. The maximum absolute atomic E-state index is 5.98. The van der Waals surface area contributed by atoms with Gasteiger partial charge in [0, 0.05) is 25.2 Å². The minimum atomic E-state index is 0.236. The average Bonchev–Trinajstić information content (AvgIpc) is 2.38. The van der Waals surface area contributed by atoms with E-state index in [1.807, 2.05) is 0 Å². The third-order valence-corrected chi connectivity index (χ3v) is 4.38. The highest BCUT2D eigenvalue weighted by Gasteiger charge is 2.22. The summed E-state index contributed by atoms with van der Waals surface area (Å²) in [6, 6.07) is 10.1. The largest absolute Gasteiger partial charge is 0.328 e. The van der Waals surface area contributed by atoms with Gasteiger partial charge in [0.15, 0.2) is 0 Å². The number of nitrogens with two attached hydrogens (primary N) is 1. The maximum Gasteiger partial charge on any atom is 0.0319 e. The lowest BCUT2D eigenvalue weighted by atomic mass is 9.86. The Morgan fingerprint density at radius 1 is 1.11 bits per heavy atom. The molecule has 1 aromatic carbocycles. The summed E-state index contributed by atoms with van der Waals surface area (Å²) < 4.78 is 0. The molecule has 0 aromatic heterocycles. The van der Waals surface area contributed by atoms with E-state index in [1.165, 1.54) is 11.1 Å². The van der Waals surface area contributed by atoms with E-state index in [2.05, 4.69) is 56.9 Å². The molecule has 1 saturated heterocycles. The van der Waals surface area contributed by atoms with Gasteiger partial charge in [-0.05, 0) is 36.3 Å². The molecule has 2 rings (SSSR count). The van der Waals surface area contributed by atoms with E-state index >= 15 is 0 Å². The van der Waals surface area contributed by atoms with Crippen molar-refractivity contribution in [2.75, 3.05) is 13.1 Å². The van der Waals surface area contributed by atoms with Crippen LogP contribution in [0.3, 0.4) is 0 Å². The highest BCUT2D eigenvalue weighted by atomic mass is 15.2. The minimum Gasteiger partial charge on any atom is -0.328 e. The first kappa shape index (κ1) is 14.5. The van der Waals surface area contributed by atoms with Crippen molar-refractivity contribution in [3.05, 3.63) is 35.4 Å². The molecular formula is C17H28N2. The van der Waals surface area contributed by atoms with Crippen LogP contribution in [0.5, 0.6) is 0 Å². The number of hydrogen-bond acceptors (Lipinski definition) is 2.